The van der Waals surface area contributed by atoms with Crippen LogP contribution in [0.25, 0.3) is 11.1 Å². The van der Waals surface area contributed by atoms with Crippen LogP contribution in [0.2, 0.25) is 5.02 Å². The van der Waals surface area contributed by atoms with Crippen molar-refractivity contribution in [1.29, 1.82) is 0 Å². The van der Waals surface area contributed by atoms with Gasteiger partial charge in [-0.15, -0.1) is 0 Å². The molecule has 3 aromatic rings. The van der Waals surface area contributed by atoms with Gasteiger partial charge in [0, 0.05) is 29.2 Å². The van der Waals surface area contributed by atoms with E-state index in [0.29, 0.717) is 11.4 Å². The number of ether oxygens (including phenoxy) is 1. The van der Waals surface area contributed by atoms with E-state index >= 15 is 0 Å². The van der Waals surface area contributed by atoms with Gasteiger partial charge in [0.25, 0.3) is 0 Å². The average molecular weight is 425 g/mol. The largest absolute Gasteiger partial charge is 0.474 e. The predicted octanol–water partition coefficient (Wildman–Crippen LogP) is 4.60. The third-order valence-corrected chi connectivity index (χ3v) is 4.82. The highest BCUT2D eigenvalue weighted by atomic mass is 35.5. The molecular weight excluding hydrogens is 409 g/mol. The van der Waals surface area contributed by atoms with Crippen LogP contribution in [0.3, 0.4) is 0 Å². The number of hydrogen-bond acceptors (Lipinski definition) is 3. The first-order valence-corrected chi connectivity index (χ1v) is 8.87. The van der Waals surface area contributed by atoms with Gasteiger partial charge in [0.15, 0.2) is 11.3 Å². The lowest BCUT2D eigenvalue weighted by molar-refractivity contribution is -0.138. The van der Waals surface area contributed by atoms with E-state index in [0.717, 1.165) is 12.1 Å². The molecule has 2 heterocycles. The van der Waals surface area contributed by atoms with Crippen molar-refractivity contribution in [2.24, 2.45) is 0 Å². The molecule has 9 heteroatoms. The highest BCUT2D eigenvalue weighted by Gasteiger charge is 2.33. The van der Waals surface area contributed by atoms with E-state index in [2.05, 4.69) is 9.97 Å². The van der Waals surface area contributed by atoms with Crippen molar-refractivity contribution in [2.45, 2.75) is 26.6 Å². The molecule has 5 nitrogen and oxygen atoms in total. The second kappa shape index (κ2) is 7.79. The zero-order valence-corrected chi connectivity index (χ0v) is 16.2. The Balaban J connectivity index is 1.91. The SMILES string of the molecule is Cc1[nH]c(C)c(-c2c[nH]c(OCc3ccccc3C(F)(F)F)cc2=O)c(=O)c1Cl. The number of H-pyrrole nitrogens is 2. The molecule has 0 saturated carbocycles. The van der Waals surface area contributed by atoms with Gasteiger partial charge in [-0.2, -0.15) is 13.2 Å². The molecule has 2 aromatic heterocycles. The van der Waals surface area contributed by atoms with Crippen LogP contribution in [0.5, 0.6) is 5.88 Å². The van der Waals surface area contributed by atoms with Crippen molar-refractivity contribution in [3.05, 3.63) is 84.5 Å². The maximum atomic E-state index is 13.1. The van der Waals surface area contributed by atoms with Crippen molar-refractivity contribution in [3.63, 3.8) is 0 Å². The molecule has 0 spiro atoms. The smallest absolute Gasteiger partial charge is 0.416 e. The number of aromatic amines is 2. The number of pyridine rings is 2. The molecule has 0 amide bonds. The Labute approximate surface area is 168 Å². The zero-order valence-electron chi connectivity index (χ0n) is 15.4. The van der Waals surface area contributed by atoms with Gasteiger partial charge in [0.2, 0.25) is 5.43 Å². The van der Waals surface area contributed by atoms with Gasteiger partial charge in [0.05, 0.1) is 16.7 Å². The predicted molar refractivity (Wildman–Crippen MR) is 103 cm³/mol. The number of aromatic nitrogens is 2. The fourth-order valence-corrected chi connectivity index (χ4v) is 3.12. The van der Waals surface area contributed by atoms with Gasteiger partial charge >= 0.3 is 6.18 Å². The van der Waals surface area contributed by atoms with E-state index < -0.39 is 22.6 Å². The van der Waals surface area contributed by atoms with E-state index in [9.17, 15) is 22.8 Å². The molecule has 0 saturated heterocycles. The van der Waals surface area contributed by atoms with Crippen molar-refractivity contribution in [1.82, 2.24) is 9.97 Å². The lowest BCUT2D eigenvalue weighted by Gasteiger charge is -2.13. The minimum atomic E-state index is -4.51. The number of rotatable bonds is 4. The molecule has 0 radical (unpaired) electrons. The van der Waals surface area contributed by atoms with Crippen LogP contribution < -0.4 is 15.6 Å². The molecule has 2 N–H and O–H groups in total. The summed E-state index contributed by atoms with van der Waals surface area (Å²) in [6.45, 7) is 2.89. The third kappa shape index (κ3) is 4.22. The number of halogens is 4. The van der Waals surface area contributed by atoms with E-state index in [1.54, 1.807) is 13.8 Å². The first-order valence-electron chi connectivity index (χ1n) is 8.49. The van der Waals surface area contributed by atoms with Crippen LogP contribution in [0.4, 0.5) is 13.2 Å². The maximum Gasteiger partial charge on any atom is 0.416 e. The Morgan fingerprint density at radius 3 is 2.45 bits per heavy atom. The summed E-state index contributed by atoms with van der Waals surface area (Å²) < 4.78 is 44.5. The Kier molecular flexibility index (Phi) is 5.57. The molecule has 0 unspecified atom stereocenters. The molecule has 0 aliphatic rings. The second-order valence-corrected chi connectivity index (χ2v) is 6.79. The Bertz CT molecular complexity index is 1180. The Morgan fingerprint density at radius 2 is 1.79 bits per heavy atom. The third-order valence-electron chi connectivity index (χ3n) is 4.37. The molecule has 29 heavy (non-hydrogen) atoms. The zero-order chi connectivity index (χ0) is 21.3. The highest BCUT2D eigenvalue weighted by Crippen LogP contribution is 2.32. The minimum absolute atomic E-state index is 0.0194. The van der Waals surface area contributed by atoms with Crippen LogP contribution in [0.15, 0.2) is 46.1 Å². The van der Waals surface area contributed by atoms with Crippen molar-refractivity contribution in [2.75, 3.05) is 0 Å². The lowest BCUT2D eigenvalue weighted by Crippen LogP contribution is -2.17. The number of alkyl halides is 3. The fourth-order valence-electron chi connectivity index (χ4n) is 2.98. The second-order valence-electron chi connectivity index (χ2n) is 6.41. The number of benzene rings is 1. The van der Waals surface area contributed by atoms with Gasteiger partial charge < -0.3 is 14.7 Å². The number of nitrogens with one attached hydrogen (secondary N) is 2. The van der Waals surface area contributed by atoms with Gasteiger partial charge in [0.1, 0.15) is 11.6 Å². The van der Waals surface area contributed by atoms with Gasteiger partial charge in [-0.3, -0.25) is 9.59 Å². The molecule has 1 aromatic carbocycles. The van der Waals surface area contributed by atoms with Crippen molar-refractivity contribution in [3.8, 4) is 17.0 Å². The summed E-state index contributed by atoms with van der Waals surface area (Å²) >= 11 is 5.98. The van der Waals surface area contributed by atoms with Gasteiger partial charge in [-0.05, 0) is 19.9 Å². The molecule has 0 aliphatic heterocycles. The molecule has 0 atom stereocenters. The molecule has 0 bridgehead atoms. The highest BCUT2D eigenvalue weighted by molar-refractivity contribution is 6.31. The fraction of sp³-hybridized carbons (Fsp3) is 0.200. The van der Waals surface area contributed by atoms with Crippen LogP contribution in [0, 0.1) is 13.8 Å². The number of aryl methyl sites for hydroxylation is 2. The summed E-state index contributed by atoms with van der Waals surface area (Å²) in [5.74, 6) is -0.0250. The maximum absolute atomic E-state index is 13.1. The minimum Gasteiger partial charge on any atom is -0.474 e. The van der Waals surface area contributed by atoms with Crippen molar-refractivity contribution >= 4 is 11.6 Å². The summed E-state index contributed by atoms with van der Waals surface area (Å²) in [5.41, 5.74) is -0.745. The summed E-state index contributed by atoms with van der Waals surface area (Å²) in [5, 5.41) is -0.0194. The van der Waals surface area contributed by atoms with E-state index in [1.165, 1.54) is 24.4 Å². The topological polar surface area (TPSA) is 75.0 Å². The Morgan fingerprint density at radius 1 is 1.10 bits per heavy atom. The normalized spacial score (nSPS) is 11.5. The van der Waals surface area contributed by atoms with Crippen LogP contribution in [0.1, 0.15) is 22.5 Å². The summed E-state index contributed by atoms with van der Waals surface area (Å²) in [6.07, 6.45) is -3.24. The molecule has 3 rings (SSSR count). The summed E-state index contributed by atoms with van der Waals surface area (Å²) in [6, 6.07) is 6.09. The first-order chi connectivity index (χ1) is 13.6. The molecule has 0 fully saturated rings. The van der Waals surface area contributed by atoms with E-state index in [-0.39, 0.29) is 34.2 Å². The van der Waals surface area contributed by atoms with Crippen LogP contribution in [-0.4, -0.2) is 9.97 Å². The molecule has 152 valence electrons. The van der Waals surface area contributed by atoms with Crippen molar-refractivity contribution < 1.29 is 17.9 Å². The standard InChI is InChI=1S/C20H16ClF3N2O3/c1-10-17(19(28)18(21)11(2)26-10)13-8-25-16(7-15(13)27)29-9-12-5-3-4-6-14(12)20(22,23)24/h3-8H,9H2,1-2H3,(H,25,27)(H,26,28). The van der Waals surface area contributed by atoms with Gasteiger partial charge in [-0.1, -0.05) is 29.8 Å². The quantitative estimate of drug-likeness (QED) is 0.642. The van der Waals surface area contributed by atoms with E-state index in [1.807, 2.05) is 0 Å². The molecule has 0 aliphatic carbocycles. The van der Waals surface area contributed by atoms with E-state index in [4.69, 9.17) is 16.3 Å². The first kappa shape index (κ1) is 20.7. The number of hydrogen-bond donors (Lipinski definition) is 2. The lowest BCUT2D eigenvalue weighted by atomic mass is 10.0. The van der Waals surface area contributed by atoms with Crippen LogP contribution >= 0.6 is 11.6 Å². The monoisotopic (exact) mass is 424 g/mol. The summed E-state index contributed by atoms with van der Waals surface area (Å²) in [4.78, 5) is 30.6. The van der Waals surface area contributed by atoms with Gasteiger partial charge in [-0.25, -0.2) is 0 Å². The average Bonchev–Trinajstić information content (AvgIpc) is 2.65. The summed E-state index contributed by atoms with van der Waals surface area (Å²) in [7, 11) is 0. The van der Waals surface area contributed by atoms with Crippen LogP contribution in [-0.2, 0) is 12.8 Å². The Hall–Kier alpha value is -3.00. The molecular formula is C20H16ClF3N2O3.